The number of hydrogen-bond donors (Lipinski definition) is 0. The SMILES string of the molecule is CC1=Cc2cccc3oc(C=CCOCc4ccccc4)c(c23)C=N1. The lowest BCUT2D eigenvalue weighted by Gasteiger charge is -2.00. The smallest absolute Gasteiger partial charge is 0.136 e. The van der Waals surface area contributed by atoms with Gasteiger partial charge in [0.05, 0.1) is 13.2 Å². The molecule has 3 aromatic rings. The van der Waals surface area contributed by atoms with Crippen molar-refractivity contribution in [2.75, 3.05) is 6.61 Å². The number of nitrogens with zero attached hydrogens (tertiary/aromatic N) is 1. The first-order valence-electron chi connectivity index (χ1n) is 8.37. The Morgan fingerprint density at radius 3 is 2.84 bits per heavy atom. The van der Waals surface area contributed by atoms with E-state index < -0.39 is 0 Å². The minimum Gasteiger partial charge on any atom is -0.456 e. The first-order chi connectivity index (χ1) is 12.3. The first kappa shape index (κ1) is 15.6. The fourth-order valence-corrected chi connectivity index (χ4v) is 2.99. The van der Waals surface area contributed by atoms with Crippen LogP contribution in [-0.4, -0.2) is 12.8 Å². The number of aliphatic imine (C=N–C) groups is 1. The number of benzene rings is 2. The average molecular weight is 329 g/mol. The molecular formula is C22H19NO2. The molecule has 0 bridgehead atoms. The van der Waals surface area contributed by atoms with Gasteiger partial charge in [0.25, 0.3) is 0 Å². The third-order valence-corrected chi connectivity index (χ3v) is 4.17. The number of ether oxygens (including phenoxy) is 1. The molecule has 0 spiro atoms. The number of allylic oxidation sites excluding steroid dienone is 1. The minimum absolute atomic E-state index is 0.534. The van der Waals surface area contributed by atoms with Gasteiger partial charge in [-0.15, -0.1) is 0 Å². The molecule has 25 heavy (non-hydrogen) atoms. The lowest BCUT2D eigenvalue weighted by molar-refractivity contribution is 0.149. The molecule has 0 amide bonds. The maximum atomic E-state index is 6.00. The van der Waals surface area contributed by atoms with Crippen molar-refractivity contribution in [3.63, 3.8) is 0 Å². The summed E-state index contributed by atoms with van der Waals surface area (Å²) in [6, 6.07) is 16.3. The number of hydrogen-bond acceptors (Lipinski definition) is 3. The summed E-state index contributed by atoms with van der Waals surface area (Å²) in [4.78, 5) is 4.49. The highest BCUT2D eigenvalue weighted by Crippen LogP contribution is 2.31. The van der Waals surface area contributed by atoms with Crippen molar-refractivity contribution in [3.05, 3.63) is 82.8 Å². The van der Waals surface area contributed by atoms with Gasteiger partial charge in [-0.3, -0.25) is 4.99 Å². The second kappa shape index (κ2) is 6.91. The summed E-state index contributed by atoms with van der Waals surface area (Å²) >= 11 is 0. The van der Waals surface area contributed by atoms with Gasteiger partial charge in [-0.05, 0) is 36.3 Å². The quantitative estimate of drug-likeness (QED) is 0.583. The topological polar surface area (TPSA) is 34.7 Å². The Bertz CT molecular complexity index is 978. The Balaban J connectivity index is 1.52. The second-order valence-electron chi connectivity index (χ2n) is 6.05. The van der Waals surface area contributed by atoms with Crippen LogP contribution in [-0.2, 0) is 11.3 Å². The molecule has 0 atom stereocenters. The van der Waals surface area contributed by atoms with Crippen LogP contribution in [0.5, 0.6) is 0 Å². The molecule has 0 radical (unpaired) electrons. The zero-order valence-corrected chi connectivity index (χ0v) is 14.1. The van der Waals surface area contributed by atoms with E-state index in [9.17, 15) is 0 Å². The summed E-state index contributed by atoms with van der Waals surface area (Å²) < 4.78 is 11.7. The van der Waals surface area contributed by atoms with E-state index in [1.165, 1.54) is 5.56 Å². The highest BCUT2D eigenvalue weighted by molar-refractivity contribution is 6.06. The summed E-state index contributed by atoms with van der Waals surface area (Å²) in [7, 11) is 0. The molecule has 2 aromatic carbocycles. The Morgan fingerprint density at radius 1 is 1.08 bits per heavy atom. The van der Waals surface area contributed by atoms with Gasteiger partial charge in [-0.2, -0.15) is 0 Å². The fourth-order valence-electron chi connectivity index (χ4n) is 2.99. The fraction of sp³-hybridized carbons (Fsp3) is 0.136. The van der Waals surface area contributed by atoms with Gasteiger partial charge in [0.2, 0.25) is 0 Å². The zero-order chi connectivity index (χ0) is 17.1. The number of furan rings is 1. The van der Waals surface area contributed by atoms with Crippen molar-refractivity contribution >= 4 is 29.3 Å². The van der Waals surface area contributed by atoms with Crippen molar-refractivity contribution in [3.8, 4) is 0 Å². The summed E-state index contributed by atoms with van der Waals surface area (Å²) in [6.07, 6.45) is 7.92. The van der Waals surface area contributed by atoms with E-state index in [0.717, 1.165) is 33.6 Å². The van der Waals surface area contributed by atoms with Gasteiger partial charge >= 0.3 is 0 Å². The summed E-state index contributed by atoms with van der Waals surface area (Å²) in [5.74, 6) is 0.817. The molecule has 0 unspecified atom stereocenters. The molecule has 0 N–H and O–H groups in total. The van der Waals surface area contributed by atoms with E-state index in [1.807, 2.05) is 55.6 Å². The summed E-state index contributed by atoms with van der Waals surface area (Å²) in [6.45, 7) is 3.14. The third-order valence-electron chi connectivity index (χ3n) is 4.17. The molecular weight excluding hydrogens is 310 g/mol. The standard InChI is InChI=1S/C22H19NO2/c1-16-13-18-9-5-10-21-22(18)19(14-23-16)20(25-21)11-6-12-24-15-17-7-3-2-4-8-17/h2-11,13-14H,12,15H2,1H3. The molecule has 0 saturated carbocycles. The van der Waals surface area contributed by atoms with Gasteiger partial charge in [0.15, 0.2) is 0 Å². The molecule has 0 fully saturated rings. The van der Waals surface area contributed by atoms with E-state index in [0.29, 0.717) is 13.2 Å². The van der Waals surface area contributed by atoms with Gasteiger partial charge in [0, 0.05) is 22.9 Å². The lowest BCUT2D eigenvalue weighted by atomic mass is 10.1. The van der Waals surface area contributed by atoms with Crippen molar-refractivity contribution in [2.45, 2.75) is 13.5 Å². The highest BCUT2D eigenvalue weighted by Gasteiger charge is 2.15. The molecule has 0 saturated heterocycles. The van der Waals surface area contributed by atoms with Crippen LogP contribution in [0.25, 0.3) is 23.1 Å². The van der Waals surface area contributed by atoms with Crippen molar-refractivity contribution in [1.29, 1.82) is 0 Å². The van der Waals surface area contributed by atoms with E-state index >= 15 is 0 Å². The van der Waals surface area contributed by atoms with Crippen molar-refractivity contribution in [2.24, 2.45) is 4.99 Å². The van der Waals surface area contributed by atoms with Crippen LogP contribution in [0, 0.1) is 0 Å². The molecule has 1 aliphatic heterocycles. The van der Waals surface area contributed by atoms with Crippen LogP contribution in [0.3, 0.4) is 0 Å². The van der Waals surface area contributed by atoms with E-state index in [1.54, 1.807) is 0 Å². The van der Waals surface area contributed by atoms with Crippen LogP contribution >= 0.6 is 0 Å². The van der Waals surface area contributed by atoms with Crippen molar-refractivity contribution in [1.82, 2.24) is 0 Å². The van der Waals surface area contributed by atoms with Gasteiger partial charge in [-0.25, -0.2) is 0 Å². The average Bonchev–Trinajstić information content (AvgIpc) is 2.89. The van der Waals surface area contributed by atoms with Gasteiger partial charge in [0.1, 0.15) is 11.3 Å². The van der Waals surface area contributed by atoms with Crippen LogP contribution in [0.1, 0.15) is 29.4 Å². The predicted octanol–water partition coefficient (Wildman–Crippen LogP) is 5.46. The molecule has 2 heterocycles. The number of rotatable bonds is 5. The Kier molecular flexibility index (Phi) is 4.32. The van der Waals surface area contributed by atoms with Gasteiger partial charge < -0.3 is 9.15 Å². The normalized spacial score (nSPS) is 13.4. The van der Waals surface area contributed by atoms with Crippen LogP contribution in [0.4, 0.5) is 0 Å². The van der Waals surface area contributed by atoms with Crippen LogP contribution in [0.15, 0.2) is 69.7 Å². The van der Waals surface area contributed by atoms with Crippen LogP contribution < -0.4 is 0 Å². The Morgan fingerprint density at radius 2 is 1.96 bits per heavy atom. The van der Waals surface area contributed by atoms with Crippen molar-refractivity contribution < 1.29 is 9.15 Å². The maximum Gasteiger partial charge on any atom is 0.136 e. The molecule has 0 aliphatic carbocycles. The first-order valence-corrected chi connectivity index (χ1v) is 8.37. The van der Waals surface area contributed by atoms with Gasteiger partial charge in [-0.1, -0.05) is 48.5 Å². The largest absolute Gasteiger partial charge is 0.456 e. The minimum atomic E-state index is 0.534. The van der Waals surface area contributed by atoms with E-state index in [-0.39, 0.29) is 0 Å². The zero-order valence-electron chi connectivity index (χ0n) is 14.1. The second-order valence-corrected chi connectivity index (χ2v) is 6.05. The summed E-state index contributed by atoms with van der Waals surface area (Å²) in [5, 5.41) is 1.12. The molecule has 124 valence electrons. The molecule has 3 heteroatoms. The summed E-state index contributed by atoms with van der Waals surface area (Å²) in [5.41, 5.74) is 5.22. The Hall–Kier alpha value is -2.91. The molecule has 1 aliphatic rings. The van der Waals surface area contributed by atoms with E-state index in [4.69, 9.17) is 9.15 Å². The lowest BCUT2D eigenvalue weighted by Crippen LogP contribution is -1.92. The molecule has 3 nitrogen and oxygen atoms in total. The third kappa shape index (κ3) is 3.32. The van der Waals surface area contributed by atoms with Crippen LogP contribution in [0.2, 0.25) is 0 Å². The molecule has 4 rings (SSSR count). The highest BCUT2D eigenvalue weighted by atomic mass is 16.5. The maximum absolute atomic E-state index is 6.00. The molecule has 1 aromatic heterocycles. The monoisotopic (exact) mass is 329 g/mol. The Labute approximate surface area is 147 Å². The predicted molar refractivity (Wildman–Crippen MR) is 103 cm³/mol. The van der Waals surface area contributed by atoms with E-state index in [2.05, 4.69) is 29.3 Å².